The highest BCUT2D eigenvalue weighted by atomic mass is 35.5. The molecule has 0 N–H and O–H groups in total. The molecule has 0 amide bonds. The van der Waals surface area contributed by atoms with E-state index in [0.717, 1.165) is 17.7 Å². The first-order valence-electron chi connectivity index (χ1n) is 8.43. The van der Waals surface area contributed by atoms with Gasteiger partial charge in [-0.25, -0.2) is 4.39 Å². The molecule has 132 valence electrons. The number of aliphatic imine (C=N–C) groups is 1. The largest absolute Gasteiger partial charge is 0.315 e. The van der Waals surface area contributed by atoms with Crippen molar-refractivity contribution < 1.29 is 4.39 Å². The second-order valence-electron chi connectivity index (χ2n) is 6.70. The zero-order chi connectivity index (χ0) is 18.2. The molecule has 1 heterocycles. The topological polar surface area (TPSA) is 34.4 Å². The fourth-order valence-corrected chi connectivity index (χ4v) is 4.32. The lowest BCUT2D eigenvalue weighted by Gasteiger charge is -2.45. The first-order chi connectivity index (χ1) is 11.9. The smallest absolute Gasteiger partial charge is 0.250 e. The van der Waals surface area contributed by atoms with Crippen molar-refractivity contribution in [2.24, 2.45) is 18.0 Å². The highest BCUT2D eigenvalue weighted by Gasteiger charge is 2.46. The van der Waals surface area contributed by atoms with E-state index >= 15 is 0 Å². The fraction of sp³-hybridized carbons (Fsp3) is 0.400. The van der Waals surface area contributed by atoms with Gasteiger partial charge in [-0.2, -0.15) is 0 Å². The van der Waals surface area contributed by atoms with Crippen LogP contribution in [0.4, 0.5) is 4.39 Å². The van der Waals surface area contributed by atoms with Crippen LogP contribution in [0.25, 0.3) is 0 Å². The van der Waals surface area contributed by atoms with Gasteiger partial charge in [0, 0.05) is 42.6 Å². The monoisotopic (exact) mass is 360 g/mol. The molecular weight excluding hydrogens is 339 g/mol. The van der Waals surface area contributed by atoms with Gasteiger partial charge in [-0.3, -0.25) is 9.79 Å². The SMILES string of the molecule is C/C=C1\C2C=C(C)CC1(N=C/C(F)=C\CCl)c1ccc(=O)n(C)c1C2. The second-order valence-corrected chi connectivity index (χ2v) is 7.01. The number of rotatable bonds is 3. The minimum atomic E-state index is -0.658. The third kappa shape index (κ3) is 2.93. The minimum Gasteiger partial charge on any atom is -0.315 e. The van der Waals surface area contributed by atoms with Crippen molar-refractivity contribution in [3.8, 4) is 0 Å². The molecule has 0 aromatic carbocycles. The summed E-state index contributed by atoms with van der Waals surface area (Å²) in [7, 11) is 1.79. The molecule has 2 aliphatic rings. The summed E-state index contributed by atoms with van der Waals surface area (Å²) in [6.45, 7) is 4.08. The number of nitrogens with zero attached hydrogens (tertiary/aromatic N) is 2. The molecule has 5 heteroatoms. The lowest BCUT2D eigenvalue weighted by atomic mass is 9.63. The van der Waals surface area contributed by atoms with Crippen LogP contribution < -0.4 is 5.56 Å². The number of fused-ring (bicyclic) bond motifs is 4. The van der Waals surface area contributed by atoms with Gasteiger partial charge in [0.2, 0.25) is 5.56 Å². The summed E-state index contributed by atoms with van der Waals surface area (Å²) in [5, 5.41) is 0. The van der Waals surface area contributed by atoms with E-state index < -0.39 is 11.4 Å². The highest BCUT2D eigenvalue weighted by Crippen LogP contribution is 2.52. The van der Waals surface area contributed by atoms with Crippen LogP contribution in [0.5, 0.6) is 0 Å². The van der Waals surface area contributed by atoms with Crippen molar-refractivity contribution >= 4 is 17.8 Å². The van der Waals surface area contributed by atoms with Crippen LogP contribution in [0.15, 0.2) is 57.1 Å². The van der Waals surface area contributed by atoms with Crippen molar-refractivity contribution in [2.75, 3.05) is 5.88 Å². The average molecular weight is 361 g/mol. The molecule has 0 fully saturated rings. The van der Waals surface area contributed by atoms with Crippen LogP contribution in [0.2, 0.25) is 0 Å². The van der Waals surface area contributed by atoms with Gasteiger partial charge in [0.05, 0.1) is 6.21 Å². The molecule has 1 aromatic heterocycles. The van der Waals surface area contributed by atoms with E-state index in [1.807, 2.05) is 13.0 Å². The molecule has 2 unspecified atom stereocenters. The zero-order valence-electron chi connectivity index (χ0n) is 14.7. The van der Waals surface area contributed by atoms with Crippen LogP contribution in [0, 0.1) is 5.92 Å². The van der Waals surface area contributed by atoms with Crippen molar-refractivity contribution in [1.82, 2.24) is 4.57 Å². The Morgan fingerprint density at radius 3 is 2.96 bits per heavy atom. The van der Waals surface area contributed by atoms with Gasteiger partial charge >= 0.3 is 0 Å². The molecule has 25 heavy (non-hydrogen) atoms. The number of hydrogen-bond donors (Lipinski definition) is 0. The molecule has 0 saturated heterocycles. The third-order valence-corrected chi connectivity index (χ3v) is 5.34. The summed E-state index contributed by atoms with van der Waals surface area (Å²) >= 11 is 5.58. The molecule has 0 radical (unpaired) electrons. The van der Waals surface area contributed by atoms with Crippen LogP contribution in [-0.4, -0.2) is 16.7 Å². The number of allylic oxidation sites excluding steroid dienone is 4. The maximum absolute atomic E-state index is 14.0. The van der Waals surface area contributed by atoms with E-state index in [2.05, 4.69) is 19.1 Å². The van der Waals surface area contributed by atoms with Crippen LogP contribution in [0.3, 0.4) is 0 Å². The Morgan fingerprint density at radius 1 is 1.52 bits per heavy atom. The van der Waals surface area contributed by atoms with Crippen LogP contribution in [0.1, 0.15) is 31.5 Å². The number of halogens is 2. The molecule has 0 spiro atoms. The summed E-state index contributed by atoms with van der Waals surface area (Å²) in [6, 6.07) is 3.43. The van der Waals surface area contributed by atoms with Crippen LogP contribution >= 0.6 is 11.6 Å². The van der Waals surface area contributed by atoms with E-state index in [-0.39, 0.29) is 17.4 Å². The molecular formula is C20H22ClFN2O. The van der Waals surface area contributed by atoms with E-state index in [4.69, 9.17) is 16.6 Å². The van der Waals surface area contributed by atoms with Gasteiger partial charge in [-0.05, 0) is 38.0 Å². The average Bonchev–Trinajstić information content (AvgIpc) is 2.56. The number of hydrogen-bond acceptors (Lipinski definition) is 2. The molecule has 1 aromatic rings. The quantitative estimate of drug-likeness (QED) is 0.451. The van der Waals surface area contributed by atoms with Crippen molar-refractivity contribution in [1.29, 1.82) is 0 Å². The Morgan fingerprint density at radius 2 is 2.28 bits per heavy atom. The first-order valence-corrected chi connectivity index (χ1v) is 8.96. The lowest BCUT2D eigenvalue weighted by molar-refractivity contribution is 0.405. The summed E-state index contributed by atoms with van der Waals surface area (Å²) in [5.41, 5.74) is 3.67. The Hall–Kier alpha value is -1.94. The van der Waals surface area contributed by atoms with E-state index in [1.165, 1.54) is 23.4 Å². The lowest BCUT2D eigenvalue weighted by Crippen LogP contribution is -2.42. The standard InChI is InChI=1S/C20H22ClFN2O/c1-4-16-14-9-13(2)11-20(16,23-12-15(22)7-8-21)17-5-6-19(25)24(3)18(17)10-14/h4-7,9,12,14H,8,10-11H2,1-3H3/b15-7+,16-4+,23-12?. The van der Waals surface area contributed by atoms with E-state index in [0.29, 0.717) is 6.42 Å². The second kappa shape index (κ2) is 6.75. The predicted molar refractivity (Wildman–Crippen MR) is 101 cm³/mol. The Labute approximate surface area is 152 Å². The third-order valence-electron chi connectivity index (χ3n) is 5.19. The van der Waals surface area contributed by atoms with Crippen molar-refractivity contribution in [3.63, 3.8) is 0 Å². The van der Waals surface area contributed by atoms with Gasteiger partial charge in [0.1, 0.15) is 11.4 Å². The maximum Gasteiger partial charge on any atom is 0.250 e. The molecule has 0 saturated carbocycles. The Kier molecular flexibility index (Phi) is 4.83. The normalized spacial score (nSPS) is 27.6. The molecule has 2 atom stereocenters. The number of pyridine rings is 1. The minimum absolute atomic E-state index is 0.0335. The van der Waals surface area contributed by atoms with Gasteiger partial charge in [-0.15, -0.1) is 11.6 Å². The maximum atomic E-state index is 14.0. The summed E-state index contributed by atoms with van der Waals surface area (Å²) < 4.78 is 15.7. The molecule has 3 nitrogen and oxygen atoms in total. The van der Waals surface area contributed by atoms with E-state index in [1.54, 1.807) is 17.7 Å². The number of aromatic nitrogens is 1. The summed E-state index contributed by atoms with van der Waals surface area (Å²) in [6.07, 6.45) is 8.33. The molecule has 3 rings (SSSR count). The predicted octanol–water partition coefficient (Wildman–Crippen LogP) is 4.21. The molecule has 2 bridgehead atoms. The number of alkyl halides is 1. The van der Waals surface area contributed by atoms with E-state index in [9.17, 15) is 9.18 Å². The fourth-order valence-electron chi connectivity index (χ4n) is 4.17. The summed E-state index contributed by atoms with van der Waals surface area (Å²) in [5.74, 6) is -0.162. The molecule has 0 aliphatic heterocycles. The van der Waals surface area contributed by atoms with Crippen LogP contribution in [-0.2, 0) is 19.0 Å². The van der Waals surface area contributed by atoms with Gasteiger partial charge in [-0.1, -0.05) is 17.7 Å². The van der Waals surface area contributed by atoms with Crippen molar-refractivity contribution in [2.45, 2.75) is 32.2 Å². The van der Waals surface area contributed by atoms with Gasteiger partial charge in [0.25, 0.3) is 0 Å². The highest BCUT2D eigenvalue weighted by molar-refractivity contribution is 6.19. The van der Waals surface area contributed by atoms with Gasteiger partial charge in [0.15, 0.2) is 0 Å². The summed E-state index contributed by atoms with van der Waals surface area (Å²) in [4.78, 5) is 16.8. The first kappa shape index (κ1) is 17.9. The zero-order valence-corrected chi connectivity index (χ0v) is 15.5. The van der Waals surface area contributed by atoms with Crippen molar-refractivity contribution in [3.05, 3.63) is 68.9 Å². The Balaban J connectivity index is 2.27. The van der Waals surface area contributed by atoms with Gasteiger partial charge < -0.3 is 4.57 Å². The Bertz CT molecular complexity index is 878. The molecule has 2 aliphatic carbocycles.